The second-order valence-corrected chi connectivity index (χ2v) is 5.69. The zero-order chi connectivity index (χ0) is 13.8. The second kappa shape index (κ2) is 5.72. The third-order valence-corrected chi connectivity index (χ3v) is 3.34. The summed E-state index contributed by atoms with van der Waals surface area (Å²) in [5, 5.41) is 10.7. The molecule has 3 N–H and O–H groups in total. The average Bonchev–Trinajstić information content (AvgIpc) is 2.34. The predicted molar refractivity (Wildman–Crippen MR) is 74.6 cm³/mol. The van der Waals surface area contributed by atoms with E-state index in [0.717, 1.165) is 17.7 Å². The van der Waals surface area contributed by atoms with Crippen molar-refractivity contribution in [3.8, 4) is 5.75 Å². The van der Waals surface area contributed by atoms with E-state index in [1.54, 1.807) is 0 Å². The van der Waals surface area contributed by atoms with Crippen molar-refractivity contribution in [1.29, 1.82) is 0 Å². The first kappa shape index (κ1) is 15.0. The minimum atomic E-state index is -1.02. The highest BCUT2D eigenvalue weighted by Gasteiger charge is 2.40. The maximum absolute atomic E-state index is 10.7. The van der Waals surface area contributed by atoms with Gasteiger partial charge in [-0.05, 0) is 29.5 Å². The van der Waals surface area contributed by atoms with E-state index in [-0.39, 0.29) is 12.0 Å². The largest absolute Gasteiger partial charge is 0.494 e. The molecule has 0 bridgehead atoms. The van der Waals surface area contributed by atoms with Crippen LogP contribution in [0.5, 0.6) is 5.75 Å². The smallest absolute Gasteiger partial charge is 0.119 e. The Hall–Kier alpha value is -1.06. The minimum Gasteiger partial charge on any atom is -0.494 e. The topological polar surface area (TPSA) is 55.5 Å². The summed E-state index contributed by atoms with van der Waals surface area (Å²) < 4.78 is 5.53. The van der Waals surface area contributed by atoms with E-state index >= 15 is 0 Å². The molecule has 18 heavy (non-hydrogen) atoms. The van der Waals surface area contributed by atoms with E-state index in [1.807, 2.05) is 45.0 Å². The van der Waals surface area contributed by atoms with Crippen molar-refractivity contribution < 1.29 is 9.84 Å². The summed E-state index contributed by atoms with van der Waals surface area (Å²) in [6, 6.07) is 7.56. The van der Waals surface area contributed by atoms with Gasteiger partial charge < -0.3 is 15.6 Å². The van der Waals surface area contributed by atoms with Crippen molar-refractivity contribution in [2.75, 3.05) is 13.2 Å². The number of hydrogen-bond acceptors (Lipinski definition) is 3. The lowest BCUT2D eigenvalue weighted by Crippen LogP contribution is -2.46. The molecule has 0 fully saturated rings. The molecule has 0 radical (unpaired) electrons. The van der Waals surface area contributed by atoms with Gasteiger partial charge in [-0.15, -0.1) is 0 Å². The summed E-state index contributed by atoms with van der Waals surface area (Å²) in [5.41, 5.74) is 5.27. The highest BCUT2D eigenvalue weighted by atomic mass is 16.5. The normalized spacial score (nSPS) is 15.2. The lowest BCUT2D eigenvalue weighted by atomic mass is 9.72. The third-order valence-electron chi connectivity index (χ3n) is 3.34. The van der Waals surface area contributed by atoms with E-state index in [9.17, 15) is 5.11 Å². The molecule has 0 aliphatic rings. The Bertz CT molecular complexity index is 367. The van der Waals surface area contributed by atoms with Gasteiger partial charge in [0, 0.05) is 6.54 Å². The van der Waals surface area contributed by atoms with Crippen LogP contribution in [0.15, 0.2) is 24.3 Å². The summed E-state index contributed by atoms with van der Waals surface area (Å²) in [5.74, 6) is 0.828. The molecule has 0 saturated heterocycles. The van der Waals surface area contributed by atoms with Gasteiger partial charge in [0.15, 0.2) is 0 Å². The molecule has 0 spiro atoms. The monoisotopic (exact) mass is 251 g/mol. The highest BCUT2D eigenvalue weighted by Crippen LogP contribution is 2.38. The van der Waals surface area contributed by atoms with Gasteiger partial charge in [-0.1, -0.05) is 39.8 Å². The van der Waals surface area contributed by atoms with E-state index in [1.165, 1.54) is 0 Å². The number of hydrogen-bond donors (Lipinski definition) is 2. The molecular weight excluding hydrogens is 226 g/mol. The second-order valence-electron chi connectivity index (χ2n) is 5.69. The van der Waals surface area contributed by atoms with Gasteiger partial charge in [0.05, 0.1) is 6.61 Å². The van der Waals surface area contributed by atoms with E-state index in [2.05, 4.69) is 6.92 Å². The van der Waals surface area contributed by atoms with Crippen LogP contribution in [0.4, 0.5) is 0 Å². The van der Waals surface area contributed by atoms with Crippen molar-refractivity contribution in [3.63, 3.8) is 0 Å². The Morgan fingerprint density at radius 1 is 1.17 bits per heavy atom. The molecule has 0 aliphatic heterocycles. The van der Waals surface area contributed by atoms with Crippen LogP contribution in [0, 0.1) is 5.41 Å². The van der Waals surface area contributed by atoms with E-state index < -0.39 is 5.60 Å². The van der Waals surface area contributed by atoms with Crippen LogP contribution in [0.1, 0.15) is 39.7 Å². The molecule has 102 valence electrons. The molecule has 0 heterocycles. The SMILES string of the molecule is CCCOc1ccc(C(O)(CN)C(C)(C)C)cc1. The number of aliphatic hydroxyl groups is 1. The van der Waals surface area contributed by atoms with Crippen molar-refractivity contribution in [2.24, 2.45) is 11.1 Å². The van der Waals surface area contributed by atoms with Gasteiger partial charge in [-0.25, -0.2) is 0 Å². The fourth-order valence-corrected chi connectivity index (χ4v) is 1.90. The Kier molecular flexibility index (Phi) is 4.77. The fourth-order valence-electron chi connectivity index (χ4n) is 1.90. The molecule has 0 aromatic heterocycles. The Morgan fingerprint density at radius 3 is 2.11 bits per heavy atom. The summed E-state index contributed by atoms with van der Waals surface area (Å²) in [7, 11) is 0. The Morgan fingerprint density at radius 2 is 1.72 bits per heavy atom. The molecule has 3 nitrogen and oxygen atoms in total. The molecule has 3 heteroatoms. The standard InChI is InChI=1S/C15H25NO2/c1-5-10-18-13-8-6-12(7-9-13)15(17,11-16)14(2,3)4/h6-9,17H,5,10-11,16H2,1-4H3. The molecule has 1 unspecified atom stereocenters. The zero-order valence-electron chi connectivity index (χ0n) is 11.9. The molecule has 0 aliphatic carbocycles. The maximum Gasteiger partial charge on any atom is 0.119 e. The molecule has 1 aromatic rings. The first-order valence-electron chi connectivity index (χ1n) is 6.51. The van der Waals surface area contributed by atoms with Gasteiger partial charge in [-0.2, -0.15) is 0 Å². The highest BCUT2D eigenvalue weighted by molar-refractivity contribution is 5.32. The van der Waals surface area contributed by atoms with Crippen molar-refractivity contribution >= 4 is 0 Å². The molecule has 0 saturated carbocycles. The first-order chi connectivity index (χ1) is 8.35. The van der Waals surface area contributed by atoms with Gasteiger partial charge in [0.1, 0.15) is 11.4 Å². The Labute approximate surface area is 110 Å². The summed E-state index contributed by atoms with van der Waals surface area (Å²) in [4.78, 5) is 0. The molecular formula is C15H25NO2. The van der Waals surface area contributed by atoms with Crippen molar-refractivity contribution in [3.05, 3.63) is 29.8 Å². The molecule has 1 atom stereocenters. The molecule has 1 aromatic carbocycles. The van der Waals surface area contributed by atoms with Crippen LogP contribution >= 0.6 is 0 Å². The number of rotatable bonds is 5. The van der Waals surface area contributed by atoms with Crippen LogP contribution in [-0.2, 0) is 5.60 Å². The van der Waals surface area contributed by atoms with Crippen LogP contribution < -0.4 is 10.5 Å². The fraction of sp³-hybridized carbons (Fsp3) is 0.600. The summed E-state index contributed by atoms with van der Waals surface area (Å²) in [6.07, 6.45) is 0.983. The number of ether oxygens (including phenoxy) is 1. The summed E-state index contributed by atoms with van der Waals surface area (Å²) >= 11 is 0. The van der Waals surface area contributed by atoms with Gasteiger partial charge in [-0.3, -0.25) is 0 Å². The van der Waals surface area contributed by atoms with Crippen LogP contribution in [0.3, 0.4) is 0 Å². The molecule has 0 amide bonds. The average molecular weight is 251 g/mol. The van der Waals surface area contributed by atoms with Gasteiger partial charge in [0.2, 0.25) is 0 Å². The van der Waals surface area contributed by atoms with Crippen molar-refractivity contribution in [1.82, 2.24) is 0 Å². The zero-order valence-corrected chi connectivity index (χ0v) is 11.9. The van der Waals surface area contributed by atoms with Gasteiger partial charge in [0.25, 0.3) is 0 Å². The van der Waals surface area contributed by atoms with Crippen LogP contribution in [0.25, 0.3) is 0 Å². The lowest BCUT2D eigenvalue weighted by molar-refractivity contribution is -0.0557. The summed E-state index contributed by atoms with van der Waals surface area (Å²) in [6.45, 7) is 8.94. The first-order valence-corrected chi connectivity index (χ1v) is 6.51. The van der Waals surface area contributed by atoms with Crippen LogP contribution in [-0.4, -0.2) is 18.3 Å². The van der Waals surface area contributed by atoms with Crippen LogP contribution in [0.2, 0.25) is 0 Å². The number of nitrogens with two attached hydrogens (primary N) is 1. The van der Waals surface area contributed by atoms with Crippen molar-refractivity contribution in [2.45, 2.75) is 39.7 Å². The number of benzene rings is 1. The Balaban J connectivity index is 2.96. The maximum atomic E-state index is 10.7. The van der Waals surface area contributed by atoms with Gasteiger partial charge >= 0.3 is 0 Å². The van der Waals surface area contributed by atoms with E-state index in [4.69, 9.17) is 10.5 Å². The lowest BCUT2D eigenvalue weighted by Gasteiger charge is -2.40. The van der Waals surface area contributed by atoms with E-state index in [0.29, 0.717) is 6.61 Å². The molecule has 1 rings (SSSR count). The predicted octanol–water partition coefficient (Wildman–Crippen LogP) is 2.67. The third kappa shape index (κ3) is 3.03. The minimum absolute atomic E-state index is 0.200. The quantitative estimate of drug-likeness (QED) is 0.846.